The van der Waals surface area contributed by atoms with E-state index in [1.807, 2.05) is 89.2 Å². The van der Waals surface area contributed by atoms with Gasteiger partial charge < -0.3 is 10.2 Å². The molecule has 0 aliphatic carbocycles. The highest BCUT2D eigenvalue weighted by molar-refractivity contribution is 6.07. The fraction of sp³-hybridized carbons (Fsp3) is 0.344. The van der Waals surface area contributed by atoms with E-state index in [0.717, 1.165) is 27.9 Å². The van der Waals surface area contributed by atoms with Crippen molar-refractivity contribution >= 4 is 17.5 Å². The van der Waals surface area contributed by atoms with Gasteiger partial charge in [-0.25, -0.2) is 5.26 Å². The summed E-state index contributed by atoms with van der Waals surface area (Å²) in [6, 6.07) is 20.9. The summed E-state index contributed by atoms with van der Waals surface area (Å²) in [6.07, 6.45) is 2.64. The van der Waals surface area contributed by atoms with Crippen LogP contribution in [-0.4, -0.2) is 24.4 Å². The predicted molar refractivity (Wildman–Crippen MR) is 154 cm³/mol. The van der Waals surface area contributed by atoms with E-state index in [0.29, 0.717) is 17.7 Å². The van der Waals surface area contributed by atoms with Crippen molar-refractivity contribution in [3.63, 3.8) is 0 Å². The van der Waals surface area contributed by atoms with Crippen LogP contribution < -0.4 is 10.2 Å². The zero-order chi connectivity index (χ0) is 28.0. The van der Waals surface area contributed by atoms with Crippen molar-refractivity contribution in [3.8, 4) is 6.57 Å². The van der Waals surface area contributed by atoms with Gasteiger partial charge in [0.05, 0.1) is 0 Å². The molecule has 1 unspecified atom stereocenters. The average molecular weight is 500 g/mol. The lowest BCUT2D eigenvalue weighted by atomic mass is 10.0. The largest absolute Gasteiger partial charge is 0.348 e. The predicted octanol–water partition coefficient (Wildman–Crippen LogP) is 7.33. The van der Waals surface area contributed by atoms with Gasteiger partial charge >= 0.3 is 0 Å². The van der Waals surface area contributed by atoms with E-state index >= 15 is 0 Å². The third-order valence-corrected chi connectivity index (χ3v) is 5.88. The van der Waals surface area contributed by atoms with Crippen molar-refractivity contribution in [2.24, 2.45) is 0 Å². The van der Waals surface area contributed by atoms with Crippen molar-refractivity contribution in [1.82, 2.24) is 5.32 Å². The van der Waals surface area contributed by atoms with Crippen LogP contribution in [0.3, 0.4) is 0 Å². The van der Waals surface area contributed by atoms with Crippen LogP contribution in [-0.2, 0) is 0 Å². The molecule has 5 heteroatoms. The normalized spacial score (nSPS) is 10.6. The number of benzene rings is 3. The van der Waals surface area contributed by atoms with Crippen LogP contribution in [0, 0.1) is 39.5 Å². The Morgan fingerprint density at radius 2 is 1.46 bits per heavy atom. The van der Waals surface area contributed by atoms with Gasteiger partial charge in [0.25, 0.3) is 11.8 Å². The average Bonchev–Trinajstić information content (AvgIpc) is 2.89. The Bertz CT molecular complexity index is 1180. The summed E-state index contributed by atoms with van der Waals surface area (Å²) >= 11 is 0. The number of carbonyl (C=O) groups excluding carboxylic acids is 2. The lowest BCUT2D eigenvalue weighted by Gasteiger charge is -2.29. The number of nitrogens with zero attached hydrogens (tertiary/aromatic N) is 2. The number of aryl methyl sites for hydroxylation is 4. The lowest BCUT2D eigenvalue weighted by Crippen LogP contribution is -2.45. The third-order valence-electron chi connectivity index (χ3n) is 5.88. The fourth-order valence-electron chi connectivity index (χ4n) is 3.77. The number of hydrogen-bond donors (Lipinski definition) is 1. The van der Waals surface area contributed by atoms with Crippen molar-refractivity contribution in [1.29, 1.82) is 5.26 Å². The Kier molecular flexibility index (Phi) is 13.4. The van der Waals surface area contributed by atoms with Gasteiger partial charge in [0.1, 0.15) is 0 Å². The van der Waals surface area contributed by atoms with E-state index in [1.165, 1.54) is 12.8 Å². The molecule has 1 N–H and O–H groups in total. The van der Waals surface area contributed by atoms with Gasteiger partial charge in [-0.1, -0.05) is 80.3 Å². The summed E-state index contributed by atoms with van der Waals surface area (Å²) in [6.45, 7) is 18.1. The van der Waals surface area contributed by atoms with Crippen LogP contribution in [0.4, 0.5) is 5.69 Å². The van der Waals surface area contributed by atoms with Crippen LogP contribution in [0.2, 0.25) is 0 Å². The molecule has 0 spiro atoms. The standard InChI is InChI=1S/C27H30N2O2.C4H10.CHN/c1-18-9-8-11-23(16-18)26(30)28-22(5)17-29(25-14-13-19(2)15-21(25)4)27(31)24-12-7-6-10-20(24)3;1-3-4-2;1-2/h6-16,22H,17H2,1-5H3,(H,28,30);3-4H2,1-2H3;1H. The number of nitriles is 1. The number of nitrogens with one attached hydrogen (secondary N) is 1. The fourth-order valence-corrected chi connectivity index (χ4v) is 3.77. The van der Waals surface area contributed by atoms with Gasteiger partial charge in [0.2, 0.25) is 0 Å². The van der Waals surface area contributed by atoms with Crippen LogP contribution >= 0.6 is 0 Å². The topological polar surface area (TPSA) is 73.2 Å². The molecule has 0 saturated carbocycles. The molecule has 1 atom stereocenters. The first-order chi connectivity index (χ1) is 17.7. The van der Waals surface area contributed by atoms with Gasteiger partial charge in [-0.15, -0.1) is 0 Å². The smallest absolute Gasteiger partial charge is 0.258 e. The molecule has 0 saturated heterocycles. The van der Waals surface area contributed by atoms with E-state index in [1.54, 1.807) is 11.0 Å². The summed E-state index contributed by atoms with van der Waals surface area (Å²) in [5, 5.41) is 9.54. The summed E-state index contributed by atoms with van der Waals surface area (Å²) in [7, 11) is 0. The van der Waals surface area contributed by atoms with E-state index in [2.05, 4.69) is 31.8 Å². The molecule has 0 bridgehead atoms. The third kappa shape index (κ3) is 9.57. The molecule has 3 rings (SSSR count). The number of carbonyl (C=O) groups is 2. The Morgan fingerprint density at radius 1 is 0.838 bits per heavy atom. The Labute approximate surface area is 223 Å². The molecule has 37 heavy (non-hydrogen) atoms. The minimum absolute atomic E-state index is 0.0679. The second-order valence-corrected chi connectivity index (χ2v) is 9.26. The zero-order valence-electron chi connectivity index (χ0n) is 23.3. The quantitative estimate of drug-likeness (QED) is 0.370. The van der Waals surface area contributed by atoms with Crippen LogP contribution in [0.15, 0.2) is 66.7 Å². The maximum absolute atomic E-state index is 13.6. The number of unbranched alkanes of at least 4 members (excludes halogenated alkanes) is 1. The second-order valence-electron chi connectivity index (χ2n) is 9.26. The maximum atomic E-state index is 13.6. The molecule has 196 valence electrons. The highest BCUT2D eigenvalue weighted by atomic mass is 16.2. The molecule has 5 nitrogen and oxygen atoms in total. The number of hydrogen-bond acceptors (Lipinski definition) is 3. The highest BCUT2D eigenvalue weighted by Crippen LogP contribution is 2.24. The van der Waals surface area contributed by atoms with Gasteiger partial charge in [0.15, 0.2) is 0 Å². The molecule has 3 aromatic rings. The van der Waals surface area contributed by atoms with E-state index in [-0.39, 0.29) is 17.9 Å². The van der Waals surface area contributed by atoms with Crippen molar-refractivity contribution < 1.29 is 9.59 Å². The first kappa shape index (κ1) is 31.1. The molecule has 0 aliphatic rings. The van der Waals surface area contributed by atoms with E-state index in [4.69, 9.17) is 5.26 Å². The zero-order valence-corrected chi connectivity index (χ0v) is 23.3. The minimum Gasteiger partial charge on any atom is -0.348 e. The SMILES string of the molecule is C#N.CCCC.Cc1cccc(C(=O)NC(C)CN(C(=O)c2ccccc2C)c2ccc(C)cc2C)c1. The molecular weight excluding hydrogens is 458 g/mol. The maximum Gasteiger partial charge on any atom is 0.258 e. The molecule has 0 heterocycles. The number of anilines is 1. The number of rotatable bonds is 7. The van der Waals surface area contributed by atoms with Gasteiger partial charge in [-0.2, -0.15) is 0 Å². The van der Waals surface area contributed by atoms with Gasteiger partial charge in [0, 0.05) is 36.0 Å². The Balaban J connectivity index is 0.00000104. The minimum atomic E-state index is -0.235. The summed E-state index contributed by atoms with van der Waals surface area (Å²) in [5.41, 5.74) is 6.28. The molecule has 3 aromatic carbocycles. The summed E-state index contributed by atoms with van der Waals surface area (Å²) < 4.78 is 0. The molecule has 0 aromatic heterocycles. The molecule has 2 amide bonds. The van der Waals surface area contributed by atoms with Crippen molar-refractivity contribution in [3.05, 3.63) is 100 Å². The Morgan fingerprint density at radius 3 is 2.03 bits per heavy atom. The van der Waals surface area contributed by atoms with Crippen LogP contribution in [0.5, 0.6) is 0 Å². The Hall–Kier alpha value is -3.91. The van der Waals surface area contributed by atoms with E-state index < -0.39 is 0 Å². The van der Waals surface area contributed by atoms with Crippen LogP contribution in [0.25, 0.3) is 0 Å². The lowest BCUT2D eigenvalue weighted by molar-refractivity contribution is 0.0927. The molecule has 0 fully saturated rings. The van der Waals surface area contributed by atoms with Crippen LogP contribution in [0.1, 0.15) is 76.6 Å². The molecular formula is C32H41N3O2. The molecule has 0 aliphatic heterocycles. The summed E-state index contributed by atoms with van der Waals surface area (Å²) in [4.78, 5) is 28.0. The second kappa shape index (κ2) is 16.0. The van der Waals surface area contributed by atoms with E-state index in [9.17, 15) is 9.59 Å². The number of amides is 2. The first-order valence-corrected chi connectivity index (χ1v) is 12.8. The summed E-state index contributed by atoms with van der Waals surface area (Å²) in [5.74, 6) is -0.207. The first-order valence-electron chi connectivity index (χ1n) is 12.8. The van der Waals surface area contributed by atoms with Crippen molar-refractivity contribution in [2.75, 3.05) is 11.4 Å². The van der Waals surface area contributed by atoms with Gasteiger partial charge in [-0.3, -0.25) is 9.59 Å². The van der Waals surface area contributed by atoms with Crippen molar-refractivity contribution in [2.45, 2.75) is 67.3 Å². The molecule has 0 radical (unpaired) electrons. The van der Waals surface area contributed by atoms with Gasteiger partial charge in [-0.05, 0) is 70.0 Å². The monoisotopic (exact) mass is 499 g/mol. The highest BCUT2D eigenvalue weighted by Gasteiger charge is 2.23.